The first-order chi connectivity index (χ1) is 21.1. The van der Waals surface area contributed by atoms with Gasteiger partial charge >= 0.3 is 6.09 Å². The highest BCUT2D eigenvalue weighted by Crippen LogP contribution is 2.09. The number of thioether (sulfide) groups is 6. The van der Waals surface area contributed by atoms with E-state index < -0.39 is 17.3 Å². The van der Waals surface area contributed by atoms with Crippen molar-refractivity contribution in [3.8, 4) is 0 Å². The highest BCUT2D eigenvalue weighted by atomic mass is 32.2. The fourth-order valence-electron chi connectivity index (χ4n) is 2.40. The van der Waals surface area contributed by atoms with Crippen molar-refractivity contribution in [1.29, 1.82) is 0 Å². The minimum atomic E-state index is -1.10. The number of aliphatic imine (C=N–C) groups is 2. The molecule has 0 aliphatic rings. The number of rotatable bonds is 31. The fraction of sp³-hybridized carbons (Fsp3) is 0.833. The molecule has 0 rings (SSSR count). The molecule has 0 radical (unpaired) electrons. The van der Waals surface area contributed by atoms with Gasteiger partial charge in [0.2, 0.25) is 11.9 Å². The van der Waals surface area contributed by atoms with E-state index >= 15 is 0 Å². The lowest BCUT2D eigenvalue weighted by atomic mass is 10.7. The van der Waals surface area contributed by atoms with Crippen molar-refractivity contribution in [1.82, 2.24) is 10.6 Å². The molecule has 4 N–H and O–H groups in total. The van der Waals surface area contributed by atoms with Gasteiger partial charge in [-0.25, -0.2) is 9.79 Å². The Morgan fingerprint density at radius 1 is 0.744 bits per heavy atom. The van der Waals surface area contributed by atoms with Crippen LogP contribution in [0.3, 0.4) is 0 Å². The third-order valence-electron chi connectivity index (χ3n) is 4.27. The summed E-state index contributed by atoms with van der Waals surface area (Å²) in [4.78, 5) is 41.4. The molecule has 0 saturated heterocycles. The van der Waals surface area contributed by atoms with Crippen LogP contribution < -0.4 is 10.6 Å². The number of aliphatic hydroxyl groups excluding tert-OH is 2. The maximum absolute atomic E-state index is 12.0. The maximum Gasteiger partial charge on any atom is 0.407 e. The largest absolute Gasteiger partial charge is 0.611 e. The molecule has 0 aromatic carbocycles. The highest BCUT2D eigenvalue weighted by Gasteiger charge is 2.05. The molecule has 2 amide bonds. The zero-order valence-corrected chi connectivity index (χ0v) is 30.1. The van der Waals surface area contributed by atoms with Gasteiger partial charge in [-0.1, -0.05) is 11.8 Å². The third kappa shape index (κ3) is 36.5. The zero-order valence-electron chi connectivity index (χ0n) is 24.4. The molecule has 0 heterocycles. The Balaban J connectivity index is 3.41. The van der Waals surface area contributed by atoms with Gasteiger partial charge < -0.3 is 35.0 Å². The summed E-state index contributed by atoms with van der Waals surface area (Å²) >= 11 is 8.31. The number of carbonyl (C=O) groups is 2. The van der Waals surface area contributed by atoms with Crippen LogP contribution in [0.2, 0.25) is 0 Å². The van der Waals surface area contributed by atoms with Crippen molar-refractivity contribution in [2.45, 2.75) is 0 Å². The van der Waals surface area contributed by atoms with Gasteiger partial charge in [-0.05, 0) is 11.2 Å². The molecule has 0 aliphatic carbocycles. The molecule has 19 heteroatoms. The van der Waals surface area contributed by atoms with Crippen LogP contribution in [0.4, 0.5) is 9.59 Å². The van der Waals surface area contributed by atoms with E-state index in [2.05, 4.69) is 20.6 Å². The van der Waals surface area contributed by atoms with Crippen molar-refractivity contribution >= 4 is 105 Å². The Morgan fingerprint density at radius 3 is 2.09 bits per heavy atom. The summed E-state index contributed by atoms with van der Waals surface area (Å²) in [5.74, 6) is 8.71. The summed E-state index contributed by atoms with van der Waals surface area (Å²) in [7, 11) is 0. The lowest BCUT2D eigenvalue weighted by Gasteiger charge is -2.06. The van der Waals surface area contributed by atoms with Crippen molar-refractivity contribution in [2.24, 2.45) is 9.98 Å². The summed E-state index contributed by atoms with van der Waals surface area (Å²) in [5, 5.41) is 22.9. The molecule has 43 heavy (non-hydrogen) atoms. The predicted octanol–water partition coefficient (Wildman–Crippen LogP) is 2.56. The molecule has 0 saturated carbocycles. The van der Waals surface area contributed by atoms with Crippen LogP contribution in [0.25, 0.3) is 0 Å². The molecule has 0 spiro atoms. The smallest absolute Gasteiger partial charge is 0.407 e. The lowest BCUT2D eigenvalue weighted by molar-refractivity contribution is -0.210. The van der Waals surface area contributed by atoms with E-state index in [0.29, 0.717) is 68.2 Å². The van der Waals surface area contributed by atoms with Gasteiger partial charge in [0.1, 0.15) is 19.0 Å². The summed E-state index contributed by atoms with van der Waals surface area (Å²) in [6, 6.07) is 0. The Bertz CT molecular complexity index is 706. The zero-order chi connectivity index (χ0) is 31.5. The normalized spacial score (nSPS) is 12.2. The van der Waals surface area contributed by atoms with Crippen molar-refractivity contribution in [3.05, 3.63) is 0 Å². The number of aliphatic hydroxyl groups is 2. The van der Waals surface area contributed by atoms with Crippen LogP contribution in [-0.2, 0) is 25.7 Å². The molecular weight excluding hydrogens is 697 g/mol. The Kier molecular flexibility index (Phi) is 36.8. The number of hydrogen-bond acceptors (Lipinski definition) is 16. The average Bonchev–Trinajstić information content (AvgIpc) is 3.00. The number of carbonyl (C=O) groups excluding carboxylic acids is 2. The summed E-state index contributed by atoms with van der Waals surface area (Å²) in [6.07, 6.45) is 0.856. The molecule has 1 unspecified atom stereocenters. The van der Waals surface area contributed by atoms with E-state index in [4.69, 9.17) is 24.7 Å². The topological polar surface area (TPSA) is 174 Å². The van der Waals surface area contributed by atoms with E-state index in [1.54, 1.807) is 47.0 Å². The second kappa shape index (κ2) is 36.6. The van der Waals surface area contributed by atoms with E-state index in [1.165, 1.54) is 35.5 Å². The fourth-order valence-corrected chi connectivity index (χ4v) is 7.72. The SMILES string of the molecule is O=C(NCCSCC/N=C\[S+]([O-])CCSCCSC(=O)NCCSCC/N=C/OOCCSCCO)OCCSCCO. The van der Waals surface area contributed by atoms with Gasteiger partial charge in [0.25, 0.3) is 5.24 Å². The van der Waals surface area contributed by atoms with Crippen molar-refractivity contribution < 1.29 is 38.9 Å². The highest BCUT2D eigenvalue weighted by molar-refractivity contribution is 8.14. The average molecular weight is 743 g/mol. The summed E-state index contributed by atoms with van der Waals surface area (Å²) < 4.78 is 17.0. The number of hydrogen-bond donors (Lipinski definition) is 4. The minimum Gasteiger partial charge on any atom is -0.611 e. The van der Waals surface area contributed by atoms with Gasteiger partial charge in [0.15, 0.2) is 0 Å². The number of ether oxygens (including phenoxy) is 1. The van der Waals surface area contributed by atoms with Crippen LogP contribution in [0.5, 0.6) is 0 Å². The second-order valence-corrected chi connectivity index (χ2v) is 16.2. The molecule has 0 aromatic rings. The van der Waals surface area contributed by atoms with E-state index in [9.17, 15) is 14.1 Å². The first kappa shape index (κ1) is 43.2. The Morgan fingerprint density at radius 2 is 1.37 bits per heavy atom. The van der Waals surface area contributed by atoms with Gasteiger partial charge in [-0.3, -0.25) is 9.79 Å². The number of nitrogens with zero attached hydrogens (tertiary/aromatic N) is 2. The van der Waals surface area contributed by atoms with Crippen molar-refractivity contribution in [2.75, 3.05) is 122 Å². The summed E-state index contributed by atoms with van der Waals surface area (Å²) in [5.41, 5.74) is 1.50. The van der Waals surface area contributed by atoms with Gasteiger partial charge in [0, 0.05) is 76.4 Å². The van der Waals surface area contributed by atoms with Gasteiger partial charge in [0.05, 0.1) is 26.3 Å². The van der Waals surface area contributed by atoms with Crippen molar-refractivity contribution in [3.63, 3.8) is 0 Å². The van der Waals surface area contributed by atoms with E-state index in [0.717, 1.165) is 40.3 Å². The molecular formula is C24H46N4O8S7. The Hall–Kier alpha value is 0.170. The quantitative estimate of drug-likeness (QED) is 0.0204. The number of amides is 2. The first-order valence-corrected chi connectivity index (χ1v) is 21.8. The van der Waals surface area contributed by atoms with Crippen LogP contribution >= 0.6 is 70.6 Å². The van der Waals surface area contributed by atoms with E-state index in [-0.39, 0.29) is 18.5 Å². The Labute approximate surface area is 284 Å². The van der Waals surface area contributed by atoms with Gasteiger partial charge in [-0.2, -0.15) is 63.7 Å². The van der Waals surface area contributed by atoms with Crippen LogP contribution in [0, 0.1) is 0 Å². The second-order valence-electron chi connectivity index (χ2n) is 7.66. The van der Waals surface area contributed by atoms with Crippen LogP contribution in [0.15, 0.2) is 9.98 Å². The first-order valence-electron chi connectivity index (χ1n) is 13.7. The van der Waals surface area contributed by atoms with Crippen LogP contribution in [-0.4, -0.2) is 160 Å². The summed E-state index contributed by atoms with van der Waals surface area (Å²) in [6.45, 7) is 3.35. The standard InChI is InChI=1S/C24H46N4O8S7/c29-5-13-39-15-7-34-23(31)27-3-11-38-10-2-26-22-43(33)20-19-41-17-18-42-24(32)28-4-12-37-9-1-25-21-36-35-8-16-40-14-6-30/h21-22,29-30H,1-20H2,(H,27,31)(H,28,32)/b25-21+,26-22-. The van der Waals surface area contributed by atoms with E-state index in [1.807, 2.05) is 0 Å². The number of nitrogens with one attached hydrogen (secondary N) is 2. The molecule has 0 fully saturated rings. The van der Waals surface area contributed by atoms with Gasteiger partial charge in [-0.15, -0.1) is 0 Å². The molecule has 0 aromatic heterocycles. The molecule has 0 aliphatic heterocycles. The molecule has 0 bridgehead atoms. The van der Waals surface area contributed by atoms with Crippen LogP contribution in [0.1, 0.15) is 0 Å². The molecule has 252 valence electrons. The predicted molar refractivity (Wildman–Crippen MR) is 193 cm³/mol. The monoisotopic (exact) mass is 742 g/mol. The third-order valence-corrected chi connectivity index (χ3v) is 11.4. The minimum absolute atomic E-state index is 0.0318. The number of alkyl carbamates (subject to hydrolysis) is 1. The maximum atomic E-state index is 12.0. The molecule has 12 nitrogen and oxygen atoms in total. The molecule has 1 atom stereocenters. The lowest BCUT2D eigenvalue weighted by Crippen LogP contribution is -2.27.